The lowest BCUT2D eigenvalue weighted by atomic mass is 9.91. The topological polar surface area (TPSA) is 44.1 Å². The van der Waals surface area contributed by atoms with E-state index >= 15 is 0 Å². The predicted molar refractivity (Wildman–Crippen MR) is 70.2 cm³/mol. The number of carbonyl (C=O) groups is 1. The number of rotatable bonds is 1. The largest absolute Gasteiger partial charge is 0.341 e. The fraction of sp³-hybridized carbons (Fsp3) is 0.500. The number of nitriles is 1. The Morgan fingerprint density at radius 2 is 2.05 bits per heavy atom. The lowest BCUT2D eigenvalue weighted by Crippen LogP contribution is -2.36. The van der Waals surface area contributed by atoms with Gasteiger partial charge in [0.05, 0.1) is 6.07 Å². The number of likely N-dealkylation sites (tertiary alicyclic amines) is 1. The van der Waals surface area contributed by atoms with Gasteiger partial charge in [0.25, 0.3) is 0 Å². The van der Waals surface area contributed by atoms with Gasteiger partial charge in [0.2, 0.25) is 5.91 Å². The second-order valence-corrected chi connectivity index (χ2v) is 5.97. The van der Waals surface area contributed by atoms with Crippen LogP contribution in [0.5, 0.6) is 0 Å². The molecular weight excluding hydrogens is 236 g/mol. The van der Waals surface area contributed by atoms with Gasteiger partial charge in [-0.15, -0.1) is 0 Å². The van der Waals surface area contributed by atoms with Gasteiger partial charge in [0.1, 0.15) is 5.41 Å². The zero-order valence-electron chi connectivity index (χ0n) is 10.8. The van der Waals surface area contributed by atoms with Crippen LogP contribution in [0.25, 0.3) is 0 Å². The Balaban J connectivity index is 1.69. The van der Waals surface area contributed by atoms with Gasteiger partial charge in [0.15, 0.2) is 0 Å². The standard InChI is InChI=1S/C16H16N2O/c17-10-16(15(19)18-7-3-4-8-18)13-9-11-5-1-2-6-12(11)14(13)16/h1-2,5-6,13-14H,3-4,7-9H2/t13-,14+,16+/m1/s1. The van der Waals surface area contributed by atoms with Crippen molar-refractivity contribution in [3.63, 3.8) is 0 Å². The summed E-state index contributed by atoms with van der Waals surface area (Å²) in [7, 11) is 0. The number of hydrogen-bond donors (Lipinski definition) is 0. The maximum absolute atomic E-state index is 12.7. The van der Waals surface area contributed by atoms with Crippen LogP contribution in [0.4, 0.5) is 0 Å². The number of carbonyl (C=O) groups excluding carboxylic acids is 1. The predicted octanol–water partition coefficient (Wildman–Crippen LogP) is 2.09. The summed E-state index contributed by atoms with van der Waals surface area (Å²) in [5.74, 6) is 0.474. The highest BCUT2D eigenvalue weighted by Gasteiger charge is 2.74. The van der Waals surface area contributed by atoms with Gasteiger partial charge >= 0.3 is 0 Å². The van der Waals surface area contributed by atoms with Crippen molar-refractivity contribution in [1.82, 2.24) is 4.90 Å². The third-order valence-electron chi connectivity index (χ3n) is 5.13. The van der Waals surface area contributed by atoms with E-state index in [9.17, 15) is 10.1 Å². The molecule has 1 aromatic rings. The number of nitrogens with zero attached hydrogens (tertiary/aromatic N) is 2. The van der Waals surface area contributed by atoms with Crippen molar-refractivity contribution in [2.24, 2.45) is 11.3 Å². The summed E-state index contributed by atoms with van der Waals surface area (Å²) in [6.07, 6.45) is 3.06. The van der Waals surface area contributed by atoms with Crippen LogP contribution in [0.1, 0.15) is 29.9 Å². The van der Waals surface area contributed by atoms with E-state index in [0.29, 0.717) is 0 Å². The van der Waals surface area contributed by atoms with Crippen LogP contribution in [-0.4, -0.2) is 23.9 Å². The molecule has 0 N–H and O–H groups in total. The molecule has 1 saturated carbocycles. The Morgan fingerprint density at radius 1 is 1.32 bits per heavy atom. The molecule has 1 aromatic carbocycles. The van der Waals surface area contributed by atoms with E-state index in [1.807, 2.05) is 17.0 Å². The molecule has 1 heterocycles. The summed E-state index contributed by atoms with van der Waals surface area (Å²) in [5.41, 5.74) is 1.83. The third-order valence-corrected chi connectivity index (χ3v) is 5.13. The van der Waals surface area contributed by atoms with Gasteiger partial charge in [-0.25, -0.2) is 0 Å². The van der Waals surface area contributed by atoms with Crippen LogP contribution in [0.2, 0.25) is 0 Å². The average Bonchev–Trinajstić information content (AvgIpc) is 2.85. The fourth-order valence-electron chi connectivity index (χ4n) is 4.13. The van der Waals surface area contributed by atoms with E-state index in [0.717, 1.165) is 32.4 Å². The SMILES string of the molecule is N#C[C@]1(C(=O)N2CCCC2)[C@@H]2Cc3ccccc3[C@@H]21. The molecule has 4 rings (SSSR count). The fourth-order valence-corrected chi connectivity index (χ4v) is 4.13. The highest BCUT2D eigenvalue weighted by atomic mass is 16.2. The van der Waals surface area contributed by atoms with E-state index in [1.165, 1.54) is 11.1 Å². The highest BCUT2D eigenvalue weighted by molar-refractivity contribution is 5.92. The Morgan fingerprint density at radius 3 is 2.79 bits per heavy atom. The summed E-state index contributed by atoms with van der Waals surface area (Å²) < 4.78 is 0. The van der Waals surface area contributed by atoms with Crippen LogP contribution >= 0.6 is 0 Å². The number of fused-ring (bicyclic) bond motifs is 3. The lowest BCUT2D eigenvalue weighted by molar-refractivity contribution is -0.134. The van der Waals surface area contributed by atoms with Crippen LogP contribution in [-0.2, 0) is 11.2 Å². The quantitative estimate of drug-likeness (QED) is 0.768. The zero-order chi connectivity index (χ0) is 13.0. The zero-order valence-corrected chi connectivity index (χ0v) is 10.8. The van der Waals surface area contributed by atoms with Gasteiger partial charge in [-0.3, -0.25) is 4.79 Å². The van der Waals surface area contributed by atoms with Crippen molar-refractivity contribution in [2.75, 3.05) is 13.1 Å². The number of amides is 1. The molecule has 0 aromatic heterocycles. The molecular formula is C16H16N2O. The third kappa shape index (κ3) is 1.24. The highest BCUT2D eigenvalue weighted by Crippen LogP contribution is 2.70. The second kappa shape index (κ2) is 3.60. The average molecular weight is 252 g/mol. The first kappa shape index (κ1) is 11.0. The molecule has 3 nitrogen and oxygen atoms in total. The van der Waals surface area contributed by atoms with Gasteiger partial charge in [-0.2, -0.15) is 5.26 Å². The molecule has 0 spiro atoms. The van der Waals surface area contributed by atoms with E-state index in [-0.39, 0.29) is 17.7 Å². The molecule has 1 amide bonds. The first-order valence-corrected chi connectivity index (χ1v) is 7.07. The molecule has 3 atom stereocenters. The van der Waals surface area contributed by atoms with E-state index in [4.69, 9.17) is 0 Å². The molecule has 96 valence electrons. The summed E-state index contributed by atoms with van der Waals surface area (Å²) in [4.78, 5) is 14.6. The van der Waals surface area contributed by atoms with Gasteiger partial charge in [0, 0.05) is 24.9 Å². The minimum atomic E-state index is -0.737. The van der Waals surface area contributed by atoms with Crippen molar-refractivity contribution >= 4 is 5.91 Å². The molecule has 3 aliphatic rings. The molecule has 2 fully saturated rings. The normalized spacial score (nSPS) is 34.6. The monoisotopic (exact) mass is 252 g/mol. The summed E-state index contributed by atoms with van der Waals surface area (Å²) in [6, 6.07) is 10.7. The van der Waals surface area contributed by atoms with Gasteiger partial charge in [-0.05, 0) is 30.4 Å². The molecule has 2 aliphatic carbocycles. The maximum Gasteiger partial charge on any atom is 0.244 e. The first-order valence-electron chi connectivity index (χ1n) is 7.07. The minimum absolute atomic E-state index is 0.0944. The summed E-state index contributed by atoms with van der Waals surface area (Å²) in [5, 5.41) is 9.62. The molecule has 1 aliphatic heterocycles. The van der Waals surface area contributed by atoms with E-state index in [2.05, 4.69) is 18.2 Å². The molecule has 1 saturated heterocycles. The number of hydrogen-bond acceptors (Lipinski definition) is 2. The Kier molecular flexibility index (Phi) is 2.09. The van der Waals surface area contributed by atoms with Crippen LogP contribution in [0.15, 0.2) is 24.3 Å². The van der Waals surface area contributed by atoms with Crippen LogP contribution in [0.3, 0.4) is 0 Å². The molecule has 0 unspecified atom stereocenters. The van der Waals surface area contributed by atoms with E-state index < -0.39 is 5.41 Å². The van der Waals surface area contributed by atoms with Gasteiger partial charge < -0.3 is 4.90 Å². The van der Waals surface area contributed by atoms with Crippen molar-refractivity contribution in [1.29, 1.82) is 5.26 Å². The Hall–Kier alpha value is -1.82. The molecule has 0 radical (unpaired) electrons. The first-order chi connectivity index (χ1) is 9.29. The van der Waals surface area contributed by atoms with Crippen molar-refractivity contribution in [2.45, 2.75) is 25.2 Å². The van der Waals surface area contributed by atoms with Crippen LogP contribution in [0, 0.1) is 22.7 Å². The van der Waals surface area contributed by atoms with Crippen LogP contribution < -0.4 is 0 Å². The minimum Gasteiger partial charge on any atom is -0.341 e. The second-order valence-electron chi connectivity index (χ2n) is 5.97. The van der Waals surface area contributed by atoms with E-state index in [1.54, 1.807) is 0 Å². The summed E-state index contributed by atoms with van der Waals surface area (Å²) >= 11 is 0. The van der Waals surface area contributed by atoms with Crippen molar-refractivity contribution < 1.29 is 4.79 Å². The Bertz CT molecular complexity index is 597. The number of benzene rings is 1. The van der Waals surface area contributed by atoms with Crippen molar-refractivity contribution in [3.05, 3.63) is 35.4 Å². The van der Waals surface area contributed by atoms with Crippen molar-refractivity contribution in [3.8, 4) is 6.07 Å². The lowest BCUT2D eigenvalue weighted by Gasteiger charge is -2.21. The molecule has 3 heteroatoms. The Labute approximate surface area is 112 Å². The summed E-state index contributed by atoms with van der Waals surface area (Å²) in [6.45, 7) is 1.67. The maximum atomic E-state index is 12.7. The smallest absolute Gasteiger partial charge is 0.244 e. The molecule has 0 bridgehead atoms. The van der Waals surface area contributed by atoms with Gasteiger partial charge in [-0.1, -0.05) is 24.3 Å². The molecule has 19 heavy (non-hydrogen) atoms.